The Morgan fingerprint density at radius 2 is 1.07 bits per heavy atom. The molecule has 0 spiro atoms. The van der Waals surface area contributed by atoms with Gasteiger partial charge in [-0.1, -0.05) is 9.36 Å². The molecule has 14 heteroatoms. The van der Waals surface area contributed by atoms with Crippen LogP contribution in [0.25, 0.3) is 23.0 Å². The van der Waals surface area contributed by atoms with Crippen molar-refractivity contribution in [3.8, 4) is 23.0 Å². The molecule has 0 fully saturated rings. The van der Waals surface area contributed by atoms with Gasteiger partial charge in [-0.2, -0.15) is 0 Å². The largest absolute Gasteiger partial charge is 0.508 e. The summed E-state index contributed by atoms with van der Waals surface area (Å²) in [7, 11) is 3.14. The molecule has 0 saturated carbocycles. The fraction of sp³-hybridized carbons (Fsp3) is 0.125. The average Bonchev–Trinajstić information content (AvgIpc) is 3.31. The van der Waals surface area contributed by atoms with Gasteiger partial charge in [-0.25, -0.2) is 9.13 Å². The van der Waals surface area contributed by atoms with Crippen LogP contribution in [0.2, 0.25) is 0 Å². The third kappa shape index (κ3) is 3.32. The molecule has 4 heterocycles. The summed E-state index contributed by atoms with van der Waals surface area (Å²) in [6, 6.07) is 7.31. The van der Waals surface area contributed by atoms with Gasteiger partial charge < -0.3 is 20.2 Å². The Morgan fingerprint density at radius 3 is 1.33 bits per heavy atom. The fourth-order valence-corrected chi connectivity index (χ4v) is 2.83. The number of aryl methyl sites for hydroxylation is 2. The molecule has 30 heavy (non-hydrogen) atoms. The van der Waals surface area contributed by atoms with Gasteiger partial charge in [-0.05, 0) is 45.2 Å². The van der Waals surface area contributed by atoms with Crippen molar-refractivity contribution in [2.24, 2.45) is 14.1 Å². The molecule has 150 valence electrons. The molecular weight excluding hydrogens is 396 g/mol. The first kappa shape index (κ1) is 18.7. The molecule has 0 aliphatic carbocycles. The number of aromatic nitrogens is 8. The summed E-state index contributed by atoms with van der Waals surface area (Å²) >= 11 is 0. The minimum absolute atomic E-state index is 0.308. The Morgan fingerprint density at radius 1 is 0.733 bits per heavy atom. The quantitative estimate of drug-likeness (QED) is 0.252. The van der Waals surface area contributed by atoms with E-state index in [1.54, 1.807) is 48.0 Å². The van der Waals surface area contributed by atoms with Crippen LogP contribution in [0.5, 0.6) is 0 Å². The minimum atomic E-state index is -0.649. The number of pyridine rings is 2. The lowest BCUT2D eigenvalue weighted by molar-refractivity contribution is -0.606. The lowest BCUT2D eigenvalue weighted by atomic mass is 10.1. The molecule has 14 nitrogen and oxygen atoms in total. The number of hydrogen-bond donors (Lipinski definition) is 0. The van der Waals surface area contributed by atoms with Gasteiger partial charge in [-0.3, -0.25) is 0 Å². The van der Waals surface area contributed by atoms with Gasteiger partial charge in [0.2, 0.25) is 0 Å². The highest BCUT2D eigenvalue weighted by molar-refractivity contribution is 5.61. The van der Waals surface area contributed by atoms with E-state index >= 15 is 0 Å². The Balaban J connectivity index is 1.59. The summed E-state index contributed by atoms with van der Waals surface area (Å²) < 4.78 is 5.88. The third-order valence-electron chi connectivity index (χ3n) is 4.24. The van der Waals surface area contributed by atoms with Crippen LogP contribution in [0.3, 0.4) is 0 Å². The standard InChI is InChI=1S/C16H14N10O4/c1-21-15(17-13(19-21)25(27)28)23-7-3-11(4-8-23)12-5-9-24(10-6-12)16-18-14(26(29)30)20-22(16)2/h3-10H,1-2H3/q+2. The number of rotatable bonds is 5. The van der Waals surface area contributed by atoms with Gasteiger partial charge in [0.1, 0.15) is 0 Å². The maximum absolute atomic E-state index is 10.8. The van der Waals surface area contributed by atoms with Crippen molar-refractivity contribution in [1.82, 2.24) is 29.5 Å². The predicted molar refractivity (Wildman–Crippen MR) is 97.4 cm³/mol. The van der Waals surface area contributed by atoms with Crippen molar-refractivity contribution >= 4 is 11.9 Å². The molecule has 0 saturated heterocycles. The van der Waals surface area contributed by atoms with Crippen molar-refractivity contribution in [1.29, 1.82) is 0 Å². The molecule has 0 aromatic carbocycles. The van der Waals surface area contributed by atoms with E-state index in [2.05, 4.69) is 20.2 Å². The van der Waals surface area contributed by atoms with Crippen molar-refractivity contribution in [3.63, 3.8) is 0 Å². The summed E-state index contributed by atoms with van der Waals surface area (Å²) in [6.45, 7) is 0. The lowest BCUT2D eigenvalue weighted by Crippen LogP contribution is -2.34. The van der Waals surface area contributed by atoms with E-state index < -0.39 is 21.7 Å². The second-order valence-corrected chi connectivity index (χ2v) is 6.17. The SMILES string of the molecule is Cn1nc([N+](=O)[O-])nc1-[n+]1ccc(-c2cc[n+](-c3nc([N+](=O)[O-])nn3C)cc2)cc1. The van der Waals surface area contributed by atoms with Crippen LogP contribution < -0.4 is 9.13 Å². The maximum atomic E-state index is 10.8. The number of nitro groups is 2. The minimum Gasteiger partial charge on any atom is -0.390 e. The van der Waals surface area contributed by atoms with Crippen LogP contribution >= 0.6 is 0 Å². The summed E-state index contributed by atoms with van der Waals surface area (Å²) in [4.78, 5) is 28.2. The second kappa shape index (κ2) is 7.08. The van der Waals surface area contributed by atoms with E-state index in [1.807, 2.05) is 24.3 Å². The molecule has 0 aliphatic rings. The van der Waals surface area contributed by atoms with Crippen molar-refractivity contribution in [2.45, 2.75) is 0 Å². The van der Waals surface area contributed by atoms with E-state index in [0.29, 0.717) is 11.9 Å². The molecule has 0 amide bonds. The summed E-state index contributed by atoms with van der Waals surface area (Å²) in [6.07, 6.45) is 6.87. The molecule has 0 radical (unpaired) electrons. The lowest BCUT2D eigenvalue weighted by Gasteiger charge is -2.03. The summed E-state index contributed by atoms with van der Waals surface area (Å²) in [5, 5.41) is 29.2. The van der Waals surface area contributed by atoms with Crippen LogP contribution in [0.15, 0.2) is 49.1 Å². The van der Waals surface area contributed by atoms with E-state index in [1.165, 1.54) is 9.36 Å². The van der Waals surface area contributed by atoms with Crippen molar-refractivity contribution in [3.05, 3.63) is 69.3 Å². The third-order valence-corrected chi connectivity index (χ3v) is 4.24. The molecule has 0 N–H and O–H groups in total. The highest BCUT2D eigenvalue weighted by Crippen LogP contribution is 2.17. The van der Waals surface area contributed by atoms with Gasteiger partial charge in [0.15, 0.2) is 0 Å². The Labute approximate surface area is 167 Å². The number of nitrogens with zero attached hydrogens (tertiary/aromatic N) is 10. The van der Waals surface area contributed by atoms with E-state index in [9.17, 15) is 20.2 Å². The van der Waals surface area contributed by atoms with Crippen LogP contribution in [0.1, 0.15) is 0 Å². The molecule has 0 aliphatic heterocycles. The van der Waals surface area contributed by atoms with Crippen molar-refractivity contribution < 1.29 is 19.0 Å². The Kier molecular flexibility index (Phi) is 4.42. The maximum Gasteiger partial charge on any atom is 0.508 e. The van der Waals surface area contributed by atoms with Gasteiger partial charge in [0.25, 0.3) is 0 Å². The smallest absolute Gasteiger partial charge is 0.390 e. The first-order valence-electron chi connectivity index (χ1n) is 8.48. The molecule has 0 atom stereocenters. The van der Waals surface area contributed by atoms with Crippen LogP contribution in [0, 0.1) is 20.2 Å². The normalized spacial score (nSPS) is 10.9. The number of hydrogen-bond acceptors (Lipinski definition) is 8. The molecule has 0 unspecified atom stereocenters. The fourth-order valence-electron chi connectivity index (χ4n) is 2.83. The highest BCUT2D eigenvalue weighted by atomic mass is 16.6. The highest BCUT2D eigenvalue weighted by Gasteiger charge is 2.26. The van der Waals surface area contributed by atoms with Gasteiger partial charge in [-0.15, -0.1) is 0 Å². The monoisotopic (exact) mass is 410 g/mol. The zero-order chi connectivity index (χ0) is 21.4. The predicted octanol–water partition coefficient (Wildman–Crippen LogP) is -0.0196. The van der Waals surface area contributed by atoms with E-state index in [4.69, 9.17) is 0 Å². The molecule has 4 aromatic heterocycles. The first-order valence-corrected chi connectivity index (χ1v) is 8.48. The topological polar surface area (TPSA) is 155 Å². The summed E-state index contributed by atoms with van der Waals surface area (Å²) in [5.74, 6) is -0.326. The van der Waals surface area contributed by atoms with Gasteiger partial charge in [0, 0.05) is 9.97 Å². The van der Waals surface area contributed by atoms with E-state index in [0.717, 1.165) is 11.1 Å². The average molecular weight is 410 g/mol. The molecular formula is C16H14N10O4+2. The summed E-state index contributed by atoms with van der Waals surface area (Å²) in [5.41, 5.74) is 1.78. The zero-order valence-corrected chi connectivity index (χ0v) is 15.7. The molecule has 0 bridgehead atoms. The molecule has 4 rings (SSSR count). The van der Waals surface area contributed by atoms with Gasteiger partial charge in [0.05, 0.1) is 49.1 Å². The zero-order valence-electron chi connectivity index (χ0n) is 15.7. The van der Waals surface area contributed by atoms with Crippen LogP contribution in [0.4, 0.5) is 11.9 Å². The van der Waals surface area contributed by atoms with Crippen LogP contribution in [-0.4, -0.2) is 39.4 Å². The van der Waals surface area contributed by atoms with Gasteiger partial charge >= 0.3 is 23.8 Å². The van der Waals surface area contributed by atoms with Crippen molar-refractivity contribution in [2.75, 3.05) is 0 Å². The Bertz CT molecular complexity index is 1160. The first-order chi connectivity index (χ1) is 14.3. The molecule has 4 aromatic rings. The van der Waals surface area contributed by atoms with Crippen LogP contribution in [-0.2, 0) is 14.1 Å². The van der Waals surface area contributed by atoms with E-state index in [-0.39, 0.29) is 0 Å². The second-order valence-electron chi connectivity index (χ2n) is 6.17. The Hall–Kier alpha value is -4.62.